The van der Waals surface area contributed by atoms with Crippen LogP contribution in [-0.2, 0) is 0 Å². The number of hydrogen-bond donors (Lipinski definition) is 3. The van der Waals surface area contributed by atoms with E-state index in [1.807, 2.05) is 6.07 Å². The summed E-state index contributed by atoms with van der Waals surface area (Å²) in [6, 6.07) is 13.2. The second-order valence-corrected chi connectivity index (χ2v) is 8.99. The third-order valence-electron chi connectivity index (χ3n) is 5.87. The predicted molar refractivity (Wildman–Crippen MR) is 148 cm³/mol. The minimum Gasteiger partial charge on any atom is -0.467 e. The number of aromatic nitrogens is 3. The molecule has 196 valence electrons. The summed E-state index contributed by atoms with van der Waals surface area (Å²) in [5.41, 5.74) is 7.10. The fourth-order valence-corrected chi connectivity index (χ4v) is 4.07. The second kappa shape index (κ2) is 11.7. The molecular weight excluding hydrogens is 508 g/mol. The normalized spacial score (nSPS) is 10.8. The van der Waals surface area contributed by atoms with Crippen molar-refractivity contribution < 1.29 is 14.3 Å². The molecule has 4 N–H and O–H groups in total. The highest BCUT2D eigenvalue weighted by molar-refractivity contribution is 6.34. The summed E-state index contributed by atoms with van der Waals surface area (Å²) in [5, 5.41) is 3.29. The smallest absolute Gasteiger partial charge is 0.318 e. The Morgan fingerprint density at radius 2 is 1.97 bits per heavy atom. The zero-order chi connectivity index (χ0) is 27.2. The molecule has 10 nitrogen and oxygen atoms in total. The van der Waals surface area contributed by atoms with Crippen molar-refractivity contribution in [2.24, 2.45) is 0 Å². The van der Waals surface area contributed by atoms with Crippen LogP contribution in [0.4, 0.5) is 17.1 Å². The number of ether oxygens (including phenoxy) is 1. The molecule has 38 heavy (non-hydrogen) atoms. The van der Waals surface area contributed by atoms with E-state index in [9.17, 15) is 14.4 Å². The highest BCUT2D eigenvalue weighted by Crippen LogP contribution is 2.27. The molecule has 0 saturated carbocycles. The largest absolute Gasteiger partial charge is 0.467 e. The van der Waals surface area contributed by atoms with Crippen molar-refractivity contribution in [3.05, 3.63) is 81.2 Å². The molecule has 0 saturated heterocycles. The van der Waals surface area contributed by atoms with Crippen LogP contribution in [0.15, 0.2) is 59.5 Å². The van der Waals surface area contributed by atoms with Gasteiger partial charge in [0, 0.05) is 35.1 Å². The molecule has 0 atom stereocenters. The molecule has 0 aliphatic heterocycles. The van der Waals surface area contributed by atoms with Gasteiger partial charge in [0.25, 0.3) is 17.4 Å². The molecule has 0 fully saturated rings. The molecule has 0 spiro atoms. The number of halogens is 1. The van der Waals surface area contributed by atoms with Gasteiger partial charge in [-0.05, 0) is 48.9 Å². The molecule has 0 radical (unpaired) electrons. The van der Waals surface area contributed by atoms with Gasteiger partial charge < -0.3 is 25.7 Å². The highest BCUT2D eigenvalue weighted by Gasteiger charge is 2.20. The number of methoxy groups -OCH3 is 1. The number of fused-ring (bicyclic) bond motifs is 1. The Morgan fingerprint density at radius 1 is 1.16 bits per heavy atom. The molecule has 2 heterocycles. The molecule has 0 aliphatic rings. The first-order chi connectivity index (χ1) is 18.3. The fraction of sp³-hybridized carbons (Fsp3) is 0.222. The van der Waals surface area contributed by atoms with E-state index in [0.29, 0.717) is 28.9 Å². The zero-order valence-electron chi connectivity index (χ0n) is 21.0. The number of benzene rings is 2. The molecule has 0 aliphatic carbocycles. The number of nitrogens with zero attached hydrogens (tertiary/aromatic N) is 3. The lowest BCUT2D eigenvalue weighted by Crippen LogP contribution is -2.32. The number of aromatic amines is 1. The van der Waals surface area contributed by atoms with Crippen molar-refractivity contribution in [1.29, 1.82) is 0 Å². The Morgan fingerprint density at radius 3 is 2.71 bits per heavy atom. The first kappa shape index (κ1) is 26.6. The van der Waals surface area contributed by atoms with Crippen LogP contribution in [0, 0.1) is 0 Å². The molecule has 2 amide bonds. The van der Waals surface area contributed by atoms with Crippen LogP contribution in [0.3, 0.4) is 0 Å². The summed E-state index contributed by atoms with van der Waals surface area (Å²) in [5.74, 6) is -0.973. The van der Waals surface area contributed by atoms with E-state index < -0.39 is 11.5 Å². The van der Waals surface area contributed by atoms with Gasteiger partial charge in [0.2, 0.25) is 0 Å². The number of nitrogens with two attached hydrogens (primary N) is 1. The minimum atomic E-state index is -0.703. The summed E-state index contributed by atoms with van der Waals surface area (Å²) in [4.78, 5) is 51.5. The van der Waals surface area contributed by atoms with Gasteiger partial charge in [-0.2, -0.15) is 4.98 Å². The maximum absolute atomic E-state index is 13.6. The van der Waals surface area contributed by atoms with Gasteiger partial charge in [-0.1, -0.05) is 37.4 Å². The third-order valence-corrected chi connectivity index (χ3v) is 6.20. The van der Waals surface area contributed by atoms with Crippen LogP contribution in [0.25, 0.3) is 11.0 Å². The van der Waals surface area contributed by atoms with E-state index in [4.69, 9.17) is 22.1 Å². The number of carbonyl (C=O) groups is 2. The number of unbranched alkanes of at least 4 members (excludes halogenated alkanes) is 2. The quantitative estimate of drug-likeness (QED) is 0.209. The maximum atomic E-state index is 13.6. The van der Waals surface area contributed by atoms with E-state index >= 15 is 0 Å². The Bertz CT molecular complexity index is 1550. The summed E-state index contributed by atoms with van der Waals surface area (Å²) >= 11 is 6.34. The molecular formula is C27H27ClN6O4. The van der Waals surface area contributed by atoms with E-state index in [-0.39, 0.29) is 33.8 Å². The number of nitrogens with one attached hydrogen (secondary N) is 2. The number of hydrogen-bond acceptors (Lipinski definition) is 7. The number of carbonyl (C=O) groups excluding carboxylic acids is 2. The SMILES string of the molecule is CCCCCN(C(=O)c1ccc(Cl)c(NC(=O)c2cc3cnc(OC)nc3[nH]c2=O)c1)c1cccc(N)c1. The van der Waals surface area contributed by atoms with Gasteiger partial charge in [-0.25, -0.2) is 4.98 Å². The van der Waals surface area contributed by atoms with Gasteiger partial charge in [0.1, 0.15) is 11.2 Å². The lowest BCUT2D eigenvalue weighted by Gasteiger charge is -2.24. The number of amides is 2. The van der Waals surface area contributed by atoms with Crippen molar-refractivity contribution in [1.82, 2.24) is 15.0 Å². The van der Waals surface area contributed by atoms with E-state index in [0.717, 1.165) is 19.3 Å². The van der Waals surface area contributed by atoms with Gasteiger partial charge in [0.15, 0.2) is 0 Å². The predicted octanol–water partition coefficient (Wildman–Crippen LogP) is 4.65. The van der Waals surface area contributed by atoms with Crippen LogP contribution < -0.4 is 26.2 Å². The molecule has 2 aromatic heterocycles. The third kappa shape index (κ3) is 5.92. The minimum absolute atomic E-state index is 0.0838. The lowest BCUT2D eigenvalue weighted by atomic mass is 10.1. The van der Waals surface area contributed by atoms with Crippen LogP contribution in [0.1, 0.15) is 46.9 Å². The Kier molecular flexibility index (Phi) is 8.22. The second-order valence-electron chi connectivity index (χ2n) is 8.58. The molecule has 4 aromatic rings. The molecule has 11 heteroatoms. The first-order valence-corrected chi connectivity index (χ1v) is 12.4. The maximum Gasteiger partial charge on any atom is 0.318 e. The van der Waals surface area contributed by atoms with Crippen LogP contribution >= 0.6 is 11.6 Å². The topological polar surface area (TPSA) is 143 Å². The molecule has 0 unspecified atom stereocenters. The van der Waals surface area contributed by atoms with Crippen molar-refractivity contribution in [2.45, 2.75) is 26.2 Å². The van der Waals surface area contributed by atoms with Gasteiger partial charge >= 0.3 is 6.01 Å². The van der Waals surface area contributed by atoms with Crippen molar-refractivity contribution in [2.75, 3.05) is 29.6 Å². The zero-order valence-corrected chi connectivity index (χ0v) is 21.7. The Hall–Kier alpha value is -4.44. The molecule has 2 aromatic carbocycles. The van der Waals surface area contributed by atoms with Crippen molar-refractivity contribution >= 4 is 51.5 Å². The Balaban J connectivity index is 1.62. The average molecular weight is 535 g/mol. The summed E-state index contributed by atoms with van der Waals surface area (Å²) in [7, 11) is 1.41. The van der Waals surface area contributed by atoms with E-state index in [2.05, 4.69) is 27.2 Å². The number of nitrogen functional groups attached to an aromatic ring is 1. The summed E-state index contributed by atoms with van der Waals surface area (Å²) < 4.78 is 4.97. The summed E-state index contributed by atoms with van der Waals surface area (Å²) in [6.45, 7) is 2.59. The van der Waals surface area contributed by atoms with Crippen LogP contribution in [-0.4, -0.2) is 40.4 Å². The van der Waals surface area contributed by atoms with Crippen molar-refractivity contribution in [3.8, 4) is 6.01 Å². The monoisotopic (exact) mass is 534 g/mol. The number of H-pyrrole nitrogens is 1. The molecule has 4 rings (SSSR count). The van der Waals surface area contributed by atoms with Gasteiger partial charge in [-0.3, -0.25) is 14.4 Å². The molecule has 0 bridgehead atoms. The number of anilines is 3. The fourth-order valence-electron chi connectivity index (χ4n) is 3.90. The first-order valence-electron chi connectivity index (χ1n) is 12.0. The van der Waals surface area contributed by atoms with Gasteiger partial charge in [0.05, 0.1) is 17.8 Å². The summed E-state index contributed by atoms with van der Waals surface area (Å²) in [6.07, 6.45) is 4.22. The highest BCUT2D eigenvalue weighted by atomic mass is 35.5. The van der Waals surface area contributed by atoms with Crippen LogP contribution in [0.2, 0.25) is 5.02 Å². The van der Waals surface area contributed by atoms with E-state index in [1.165, 1.54) is 31.5 Å². The van der Waals surface area contributed by atoms with Crippen LogP contribution in [0.5, 0.6) is 6.01 Å². The van der Waals surface area contributed by atoms with E-state index in [1.54, 1.807) is 29.2 Å². The lowest BCUT2D eigenvalue weighted by molar-refractivity contribution is 0.0983. The number of pyridine rings is 1. The Labute approximate surface area is 223 Å². The number of rotatable bonds is 9. The average Bonchev–Trinajstić information content (AvgIpc) is 2.91. The van der Waals surface area contributed by atoms with Gasteiger partial charge in [-0.15, -0.1) is 0 Å². The van der Waals surface area contributed by atoms with Crippen molar-refractivity contribution in [3.63, 3.8) is 0 Å². The standard InChI is InChI=1S/C27H27ClN6O4/c1-3-4-5-11-34(19-8-6-7-18(29)14-19)26(37)16-9-10-21(28)22(13-16)31-24(35)20-12-17-15-30-27(38-2)33-23(17)32-25(20)36/h6-10,12-15H,3-5,11,29H2,1-2H3,(H,31,35)(H,30,32,33,36).